The zero-order valence-corrected chi connectivity index (χ0v) is 39.4. The molecule has 2 aromatic carbocycles. The van der Waals surface area contributed by atoms with Crippen molar-refractivity contribution in [3.05, 3.63) is 130 Å². The fraction of sp³-hybridized carbons (Fsp3) is 0.420. The summed E-state index contributed by atoms with van der Waals surface area (Å²) < 4.78 is 43.7. The molecule has 0 N–H and O–H groups in total. The lowest BCUT2D eigenvalue weighted by Crippen LogP contribution is -3.00. The molecule has 4 aromatic heterocycles. The molecule has 2 saturated heterocycles. The molecule has 6 aromatic rings. The van der Waals surface area contributed by atoms with E-state index in [1.165, 1.54) is 34.4 Å². The van der Waals surface area contributed by atoms with Crippen LogP contribution >= 0.6 is 0 Å². The first-order valence-electron chi connectivity index (χ1n) is 22.7. The monoisotopic (exact) mass is 940 g/mol. The van der Waals surface area contributed by atoms with Crippen LogP contribution < -0.4 is 12.4 Å². The molecule has 2 atom stereocenters. The molecule has 0 radical (unpaired) electrons. The molecule has 0 spiro atoms. The first kappa shape index (κ1) is 49.3. The minimum absolute atomic E-state index is 0. The normalized spacial score (nSPS) is 18.1. The molecular formula is C50H59ClF2N8O6. The number of pyridine rings is 2. The summed E-state index contributed by atoms with van der Waals surface area (Å²) in [6.07, 6.45) is 14.0. The maximum Gasteiger partial charge on any atom is 0.296 e. The summed E-state index contributed by atoms with van der Waals surface area (Å²) in [6, 6.07) is 15.0. The second kappa shape index (κ2) is 22.5. The Morgan fingerprint density at radius 3 is 1.73 bits per heavy atom. The van der Waals surface area contributed by atoms with E-state index in [1.807, 2.05) is 40.5 Å². The van der Waals surface area contributed by atoms with Crippen molar-refractivity contribution in [2.75, 3.05) is 54.5 Å². The lowest BCUT2D eigenvalue weighted by Gasteiger charge is -2.32. The van der Waals surface area contributed by atoms with Gasteiger partial charge in [-0.3, -0.25) is 9.59 Å². The highest BCUT2D eigenvalue weighted by Crippen LogP contribution is 2.33. The van der Waals surface area contributed by atoms with Crippen molar-refractivity contribution in [2.24, 2.45) is 0 Å². The van der Waals surface area contributed by atoms with Gasteiger partial charge in [0.1, 0.15) is 43.8 Å². The minimum atomic E-state index is -0.367. The van der Waals surface area contributed by atoms with Crippen molar-refractivity contribution in [2.45, 2.75) is 83.6 Å². The third-order valence-electron chi connectivity index (χ3n) is 11.8. The number of hydrogen-bond acceptors (Lipinski definition) is 9. The molecule has 2 amide bonds. The van der Waals surface area contributed by atoms with Crippen LogP contribution in [0, 0.1) is 11.6 Å². The van der Waals surface area contributed by atoms with E-state index in [0.717, 1.165) is 94.7 Å². The van der Waals surface area contributed by atoms with Crippen LogP contribution in [0.15, 0.2) is 79.4 Å². The summed E-state index contributed by atoms with van der Waals surface area (Å²) >= 11 is 0. The van der Waals surface area contributed by atoms with Crippen LogP contribution in [0.25, 0.3) is 21.8 Å². The lowest BCUT2D eigenvalue weighted by atomic mass is 9.99. The van der Waals surface area contributed by atoms with E-state index >= 15 is 0 Å². The minimum Gasteiger partial charge on any atom is -1.00 e. The molecule has 2 unspecified atom stereocenters. The zero-order valence-electron chi connectivity index (χ0n) is 38.6. The van der Waals surface area contributed by atoms with E-state index in [-0.39, 0.29) is 48.4 Å². The Kier molecular flexibility index (Phi) is 16.5. The Morgan fingerprint density at radius 2 is 1.22 bits per heavy atom. The van der Waals surface area contributed by atoms with Crippen molar-refractivity contribution in [1.29, 1.82) is 0 Å². The van der Waals surface area contributed by atoms with Crippen LogP contribution in [0.1, 0.15) is 87.3 Å². The number of ether oxygens (including phenoxy) is 2. The standard InChI is InChI=1S/C25H29FN4O3.C22H22FN3O3.C3H8N.ClH/c1-28(2)15-18-16-29(14-17-6-8-19(26)9-7-17)21-13-27-24-20(23(18)21)10-11-30(25(24)31)33-22-5-3-4-12-32-22;23-16-6-4-15(5-7-16)14-25-10-8-17-18-9-11-26(29-20-3-1-2-12-28-20)22(27)21(18)24-13-19(17)25;1-4(2)3;/h6-9,13,16,22H,3-5,10-12,14-15H2,1-2H3;4-8,10,13,20H,1-3,9,11-12,14H2;1H2,2-3H3;1H/q;;+1;/p-1. The Hall–Kier alpha value is -5.62. The van der Waals surface area contributed by atoms with Gasteiger partial charge in [-0.05, 0) is 111 Å². The summed E-state index contributed by atoms with van der Waals surface area (Å²) in [5.41, 5.74) is 7.91. The van der Waals surface area contributed by atoms with E-state index in [1.54, 1.807) is 41.2 Å². The van der Waals surface area contributed by atoms with Crippen LogP contribution in [0.5, 0.6) is 0 Å². The average molecular weight is 942 g/mol. The zero-order chi connectivity index (χ0) is 46.3. The fourth-order valence-electron chi connectivity index (χ4n) is 8.76. The van der Waals surface area contributed by atoms with Gasteiger partial charge in [0.25, 0.3) is 11.8 Å². The second-order valence-corrected chi connectivity index (χ2v) is 17.6. The number of amides is 2. The van der Waals surface area contributed by atoms with Gasteiger partial charge in [0.15, 0.2) is 12.6 Å². The summed E-state index contributed by atoms with van der Waals surface area (Å²) in [6.45, 7) is 7.72. The van der Waals surface area contributed by atoms with Crippen LogP contribution in [0.2, 0.25) is 0 Å². The van der Waals surface area contributed by atoms with Crippen LogP contribution in [0.4, 0.5) is 8.78 Å². The molecule has 8 heterocycles. The highest BCUT2D eigenvalue weighted by molar-refractivity contribution is 6.01. The predicted molar refractivity (Wildman–Crippen MR) is 246 cm³/mol. The smallest absolute Gasteiger partial charge is 0.296 e. The highest BCUT2D eigenvalue weighted by atomic mass is 35.5. The van der Waals surface area contributed by atoms with Gasteiger partial charge in [-0.1, -0.05) is 24.3 Å². The maximum atomic E-state index is 13.4. The lowest BCUT2D eigenvalue weighted by molar-refractivity contribution is -0.454. The predicted octanol–water partition coefficient (Wildman–Crippen LogP) is 4.39. The third-order valence-corrected chi connectivity index (χ3v) is 11.8. The van der Waals surface area contributed by atoms with Gasteiger partial charge in [0.05, 0.1) is 36.5 Å². The number of nitrogens with zero attached hydrogens (tertiary/aromatic N) is 8. The third kappa shape index (κ3) is 11.9. The quantitative estimate of drug-likeness (QED) is 0.146. The van der Waals surface area contributed by atoms with Gasteiger partial charge < -0.3 is 35.9 Å². The molecule has 17 heteroatoms. The maximum absolute atomic E-state index is 13.4. The SMILES string of the molecule is C=[N+](C)C.CN(C)Cc1cn(Cc2ccc(F)cc2)c2cnc3c(c12)CCN(OC1CCCCO1)C3=O.O=C1c2ncc3c(ccn3Cc3ccc(F)cc3)c2CCN1OC1CCCCO1.[Cl-]. The summed E-state index contributed by atoms with van der Waals surface area (Å²) in [5, 5.41) is 4.92. The Labute approximate surface area is 396 Å². The van der Waals surface area contributed by atoms with Crippen molar-refractivity contribution >= 4 is 40.3 Å². The topological polar surface area (TPSA) is 119 Å². The molecule has 0 aliphatic carbocycles. The summed E-state index contributed by atoms with van der Waals surface area (Å²) in [5.74, 6) is -0.919. The van der Waals surface area contributed by atoms with Crippen molar-refractivity contribution in [3.63, 3.8) is 0 Å². The van der Waals surface area contributed by atoms with E-state index < -0.39 is 0 Å². The number of hydroxylamine groups is 4. The van der Waals surface area contributed by atoms with Crippen LogP contribution in [0.3, 0.4) is 0 Å². The molecule has 67 heavy (non-hydrogen) atoms. The molecule has 14 nitrogen and oxygen atoms in total. The number of rotatable bonds is 10. The molecular weight excluding hydrogens is 882 g/mol. The van der Waals surface area contributed by atoms with Gasteiger partial charge in [-0.2, -0.15) is 0 Å². The molecule has 2 fully saturated rings. The van der Waals surface area contributed by atoms with E-state index in [4.69, 9.17) is 19.1 Å². The molecule has 0 bridgehead atoms. The first-order chi connectivity index (χ1) is 31.9. The average Bonchev–Trinajstić information content (AvgIpc) is 3.88. The summed E-state index contributed by atoms with van der Waals surface area (Å²) in [4.78, 5) is 49.0. The highest BCUT2D eigenvalue weighted by Gasteiger charge is 2.33. The number of benzene rings is 2. The van der Waals surface area contributed by atoms with Crippen molar-refractivity contribution < 1.29 is 54.5 Å². The van der Waals surface area contributed by atoms with Crippen LogP contribution in [-0.2, 0) is 51.6 Å². The van der Waals surface area contributed by atoms with Gasteiger partial charge in [-0.15, -0.1) is 0 Å². The Morgan fingerprint density at radius 1 is 0.731 bits per heavy atom. The van der Waals surface area contributed by atoms with Crippen molar-refractivity contribution in [1.82, 2.24) is 34.1 Å². The number of carbonyl (C=O) groups excluding carboxylic acids is 2. The Balaban J connectivity index is 0.000000183. The van der Waals surface area contributed by atoms with Crippen LogP contribution in [-0.4, -0.2) is 124 Å². The van der Waals surface area contributed by atoms with E-state index in [2.05, 4.69) is 36.9 Å². The van der Waals surface area contributed by atoms with E-state index in [0.29, 0.717) is 63.6 Å². The molecule has 4 aliphatic rings. The number of aromatic nitrogens is 4. The van der Waals surface area contributed by atoms with Gasteiger partial charge >= 0.3 is 0 Å². The van der Waals surface area contributed by atoms with Crippen molar-refractivity contribution in [3.8, 4) is 0 Å². The summed E-state index contributed by atoms with van der Waals surface area (Å²) in [7, 11) is 7.84. The number of fused-ring (bicyclic) bond motifs is 6. The van der Waals surface area contributed by atoms with Gasteiger partial charge in [0.2, 0.25) is 0 Å². The number of hydrogen-bond donors (Lipinski definition) is 0. The number of carbonyl (C=O) groups is 2. The number of halogens is 3. The van der Waals surface area contributed by atoms with E-state index in [9.17, 15) is 18.4 Å². The fourth-order valence-corrected chi connectivity index (χ4v) is 8.76. The molecule has 4 aliphatic heterocycles. The molecule has 0 saturated carbocycles. The second-order valence-electron chi connectivity index (χ2n) is 17.6. The first-order valence-corrected chi connectivity index (χ1v) is 22.7. The largest absolute Gasteiger partial charge is 1.00 e. The van der Waals surface area contributed by atoms with Gasteiger partial charge in [-0.25, -0.2) is 43.1 Å². The Bertz CT molecular complexity index is 2660. The molecule has 10 rings (SSSR count). The van der Waals surface area contributed by atoms with Gasteiger partial charge in [0, 0.05) is 68.9 Å². The molecule has 356 valence electrons.